The Labute approximate surface area is 141 Å². The number of aromatic nitrogens is 2. The largest absolute Gasteiger partial charge is 0.448 e. The molecule has 1 unspecified atom stereocenters. The SMILES string of the molecule is CCOC(=O)n1nc(N)c2c1C(C(C)C)N(C(=O)OC(C)(C)C)C2. The maximum Gasteiger partial charge on any atom is 0.435 e. The maximum absolute atomic E-state index is 12.6. The molecule has 0 aromatic carbocycles. The molecule has 2 N–H and O–H groups in total. The minimum atomic E-state index is -0.605. The highest BCUT2D eigenvalue weighted by molar-refractivity contribution is 5.75. The van der Waals surface area contributed by atoms with Crippen molar-refractivity contribution in [1.29, 1.82) is 0 Å². The number of carbonyl (C=O) groups excluding carboxylic acids is 2. The van der Waals surface area contributed by atoms with Crippen molar-refractivity contribution in [3.05, 3.63) is 11.3 Å². The summed E-state index contributed by atoms with van der Waals surface area (Å²) in [5, 5.41) is 4.09. The van der Waals surface area contributed by atoms with Gasteiger partial charge in [0.15, 0.2) is 5.82 Å². The van der Waals surface area contributed by atoms with E-state index < -0.39 is 17.8 Å². The van der Waals surface area contributed by atoms with Gasteiger partial charge < -0.3 is 15.2 Å². The first-order valence-electron chi connectivity index (χ1n) is 8.10. The van der Waals surface area contributed by atoms with Crippen molar-refractivity contribution in [3.8, 4) is 0 Å². The summed E-state index contributed by atoms with van der Waals surface area (Å²) in [5.41, 5.74) is 6.63. The van der Waals surface area contributed by atoms with Gasteiger partial charge in [-0.1, -0.05) is 13.8 Å². The number of anilines is 1. The van der Waals surface area contributed by atoms with E-state index in [4.69, 9.17) is 15.2 Å². The predicted octanol–water partition coefficient (Wildman–Crippen LogP) is 2.92. The number of nitrogens with zero attached hydrogens (tertiary/aromatic N) is 3. The lowest BCUT2D eigenvalue weighted by Gasteiger charge is -2.31. The van der Waals surface area contributed by atoms with Crippen LogP contribution >= 0.6 is 0 Å². The first kappa shape index (κ1) is 18.1. The molecule has 0 saturated carbocycles. The van der Waals surface area contributed by atoms with E-state index >= 15 is 0 Å². The van der Waals surface area contributed by atoms with Crippen molar-refractivity contribution >= 4 is 18.0 Å². The molecule has 1 amide bonds. The second kappa shape index (κ2) is 6.33. The molecule has 1 aliphatic heterocycles. The van der Waals surface area contributed by atoms with Gasteiger partial charge in [0, 0.05) is 5.56 Å². The normalized spacial score (nSPS) is 17.1. The molecule has 0 spiro atoms. The number of nitrogen functional groups attached to an aromatic ring is 1. The molecule has 134 valence electrons. The van der Waals surface area contributed by atoms with Crippen molar-refractivity contribution in [2.75, 3.05) is 12.3 Å². The van der Waals surface area contributed by atoms with Crippen molar-refractivity contribution in [2.45, 2.75) is 59.7 Å². The summed E-state index contributed by atoms with van der Waals surface area (Å²) in [7, 11) is 0. The lowest BCUT2D eigenvalue weighted by Crippen LogP contribution is -2.38. The van der Waals surface area contributed by atoms with E-state index in [1.165, 1.54) is 4.68 Å². The highest BCUT2D eigenvalue weighted by atomic mass is 16.6. The third-order valence-electron chi connectivity index (χ3n) is 3.70. The number of hydrogen-bond donors (Lipinski definition) is 1. The van der Waals surface area contributed by atoms with Crippen LogP contribution in [-0.2, 0) is 16.0 Å². The van der Waals surface area contributed by atoms with Crippen LogP contribution in [0.4, 0.5) is 15.4 Å². The lowest BCUT2D eigenvalue weighted by atomic mass is 10.0. The van der Waals surface area contributed by atoms with Gasteiger partial charge in [0.05, 0.1) is 24.9 Å². The number of hydrogen-bond acceptors (Lipinski definition) is 6. The Morgan fingerprint density at radius 3 is 2.46 bits per heavy atom. The van der Waals surface area contributed by atoms with Crippen LogP contribution in [0.15, 0.2) is 0 Å². The number of nitrogens with two attached hydrogens (primary N) is 1. The van der Waals surface area contributed by atoms with E-state index in [1.54, 1.807) is 11.8 Å². The number of carbonyl (C=O) groups is 2. The molecule has 8 nitrogen and oxygen atoms in total. The molecule has 1 aromatic heterocycles. The van der Waals surface area contributed by atoms with Crippen molar-refractivity contribution in [2.24, 2.45) is 5.92 Å². The summed E-state index contributed by atoms with van der Waals surface area (Å²) in [6, 6.07) is -0.357. The summed E-state index contributed by atoms with van der Waals surface area (Å²) in [6.45, 7) is 11.6. The summed E-state index contributed by atoms with van der Waals surface area (Å²) in [6.07, 6.45) is -1.03. The fourth-order valence-corrected chi connectivity index (χ4v) is 2.86. The van der Waals surface area contributed by atoms with E-state index in [9.17, 15) is 9.59 Å². The van der Waals surface area contributed by atoms with E-state index in [0.29, 0.717) is 11.3 Å². The Balaban J connectivity index is 2.42. The Kier molecular flexibility index (Phi) is 4.77. The van der Waals surface area contributed by atoms with Crippen LogP contribution in [0.25, 0.3) is 0 Å². The highest BCUT2D eigenvalue weighted by Crippen LogP contribution is 2.41. The van der Waals surface area contributed by atoms with Crippen LogP contribution in [0.3, 0.4) is 0 Å². The molecular weight excluding hydrogens is 312 g/mol. The third kappa shape index (κ3) is 3.32. The minimum absolute atomic E-state index is 0.0445. The first-order chi connectivity index (χ1) is 11.1. The van der Waals surface area contributed by atoms with Crippen molar-refractivity contribution in [1.82, 2.24) is 14.7 Å². The van der Waals surface area contributed by atoms with Crippen molar-refractivity contribution < 1.29 is 19.1 Å². The van der Waals surface area contributed by atoms with Gasteiger partial charge in [-0.3, -0.25) is 4.90 Å². The average Bonchev–Trinajstić information content (AvgIpc) is 2.95. The zero-order valence-electron chi connectivity index (χ0n) is 15.1. The molecule has 0 saturated heterocycles. The van der Waals surface area contributed by atoms with Crippen molar-refractivity contribution in [3.63, 3.8) is 0 Å². The second-order valence-corrected chi connectivity index (χ2v) is 7.16. The molecule has 24 heavy (non-hydrogen) atoms. The molecule has 1 aromatic rings. The topological polar surface area (TPSA) is 99.7 Å². The zero-order valence-corrected chi connectivity index (χ0v) is 15.1. The number of fused-ring (bicyclic) bond motifs is 1. The summed E-state index contributed by atoms with van der Waals surface area (Å²) in [4.78, 5) is 26.3. The number of rotatable bonds is 2. The first-order valence-corrected chi connectivity index (χ1v) is 8.10. The fourth-order valence-electron chi connectivity index (χ4n) is 2.86. The van der Waals surface area contributed by atoms with Gasteiger partial charge in [0.25, 0.3) is 0 Å². The molecule has 8 heteroatoms. The lowest BCUT2D eigenvalue weighted by molar-refractivity contribution is 0.0118. The van der Waals surface area contributed by atoms with E-state index in [2.05, 4.69) is 5.10 Å². The highest BCUT2D eigenvalue weighted by Gasteiger charge is 2.43. The van der Waals surface area contributed by atoms with Crippen LogP contribution in [0.2, 0.25) is 0 Å². The predicted molar refractivity (Wildman–Crippen MR) is 88.4 cm³/mol. The van der Waals surface area contributed by atoms with Gasteiger partial charge in [-0.2, -0.15) is 4.68 Å². The van der Waals surface area contributed by atoms with Gasteiger partial charge in [-0.25, -0.2) is 9.59 Å². The van der Waals surface area contributed by atoms with Gasteiger partial charge in [0.2, 0.25) is 0 Å². The fraction of sp³-hybridized carbons (Fsp3) is 0.688. The maximum atomic E-state index is 12.6. The Hall–Kier alpha value is -2.25. The van der Waals surface area contributed by atoms with Crippen LogP contribution in [0.1, 0.15) is 58.8 Å². The zero-order chi connectivity index (χ0) is 18.2. The molecule has 2 rings (SSSR count). The molecular formula is C16H26N4O4. The number of amides is 1. The van der Waals surface area contributed by atoms with Gasteiger partial charge in [-0.05, 0) is 33.6 Å². The Morgan fingerprint density at radius 2 is 1.96 bits per heavy atom. The van der Waals surface area contributed by atoms with E-state index in [0.717, 1.165) is 0 Å². The molecule has 0 aliphatic carbocycles. The minimum Gasteiger partial charge on any atom is -0.448 e. The molecule has 1 aliphatic rings. The Bertz CT molecular complexity index is 645. The van der Waals surface area contributed by atoms with Crippen LogP contribution in [-0.4, -0.2) is 39.1 Å². The smallest absolute Gasteiger partial charge is 0.435 e. The van der Waals surface area contributed by atoms with Crippen LogP contribution in [0.5, 0.6) is 0 Å². The molecule has 0 radical (unpaired) electrons. The monoisotopic (exact) mass is 338 g/mol. The summed E-state index contributed by atoms with van der Waals surface area (Å²) in [5.74, 6) is 0.276. The number of ether oxygens (including phenoxy) is 2. The van der Waals surface area contributed by atoms with Gasteiger partial charge in [0.1, 0.15) is 5.60 Å². The van der Waals surface area contributed by atoms with Crippen LogP contribution in [0, 0.1) is 5.92 Å². The van der Waals surface area contributed by atoms with Gasteiger partial charge >= 0.3 is 12.2 Å². The summed E-state index contributed by atoms with van der Waals surface area (Å²) < 4.78 is 11.7. The van der Waals surface area contributed by atoms with E-state index in [1.807, 2.05) is 34.6 Å². The van der Waals surface area contributed by atoms with Gasteiger partial charge in [-0.15, -0.1) is 5.10 Å². The third-order valence-corrected chi connectivity index (χ3v) is 3.70. The van der Waals surface area contributed by atoms with E-state index in [-0.39, 0.29) is 30.9 Å². The molecule has 1 atom stereocenters. The standard InChI is InChI=1S/C16H26N4O4/c1-7-23-15(22)20-12-10(13(17)18-20)8-19(11(12)9(2)3)14(21)24-16(4,5)6/h9,11H,7-8H2,1-6H3,(H2,17,18). The summed E-state index contributed by atoms with van der Waals surface area (Å²) >= 11 is 0. The molecule has 2 heterocycles. The van der Waals surface area contributed by atoms with Crippen LogP contribution < -0.4 is 5.73 Å². The molecule has 0 fully saturated rings. The second-order valence-electron chi connectivity index (χ2n) is 7.16. The Morgan fingerprint density at radius 1 is 1.33 bits per heavy atom. The quantitative estimate of drug-likeness (QED) is 0.890. The average molecular weight is 338 g/mol. The molecule has 0 bridgehead atoms.